The summed E-state index contributed by atoms with van der Waals surface area (Å²) in [6.45, 7) is 2.19. The molecule has 3 rings (SSSR count). The number of hydrogen-bond donors (Lipinski definition) is 1. The number of hydrogen-bond acceptors (Lipinski definition) is 3. The summed E-state index contributed by atoms with van der Waals surface area (Å²) >= 11 is 2.06. The van der Waals surface area contributed by atoms with E-state index in [4.69, 9.17) is 4.74 Å². The molecule has 1 spiro atoms. The van der Waals surface area contributed by atoms with Crippen LogP contribution in [-0.4, -0.2) is 35.8 Å². The van der Waals surface area contributed by atoms with Crippen molar-refractivity contribution in [3.05, 3.63) is 0 Å². The summed E-state index contributed by atoms with van der Waals surface area (Å²) in [4.78, 5) is 0. The van der Waals surface area contributed by atoms with Gasteiger partial charge in [-0.2, -0.15) is 11.8 Å². The second-order valence-corrected chi connectivity index (χ2v) is 7.82. The highest BCUT2D eigenvalue weighted by molar-refractivity contribution is 8.00. The Morgan fingerprint density at radius 1 is 1.17 bits per heavy atom. The van der Waals surface area contributed by atoms with Gasteiger partial charge in [-0.3, -0.25) is 0 Å². The summed E-state index contributed by atoms with van der Waals surface area (Å²) in [6.07, 6.45) is 14.3. The fourth-order valence-electron chi connectivity index (χ4n) is 3.67. The van der Waals surface area contributed by atoms with Crippen LogP contribution in [0.1, 0.15) is 57.8 Å². The van der Waals surface area contributed by atoms with Gasteiger partial charge < -0.3 is 10.1 Å². The third-order valence-corrected chi connectivity index (χ3v) is 6.63. The number of nitrogens with one attached hydrogen (secondary N) is 1. The van der Waals surface area contributed by atoms with Crippen LogP contribution >= 0.6 is 11.8 Å². The molecule has 3 aliphatic rings. The maximum atomic E-state index is 6.17. The van der Waals surface area contributed by atoms with E-state index in [0.717, 1.165) is 6.61 Å². The lowest BCUT2D eigenvalue weighted by atomic mass is 9.78. The van der Waals surface area contributed by atoms with E-state index in [-0.39, 0.29) is 5.60 Å². The van der Waals surface area contributed by atoms with Crippen LogP contribution in [0.4, 0.5) is 0 Å². The molecule has 1 heterocycles. The Hall–Kier alpha value is 0.270. The lowest BCUT2D eigenvalue weighted by molar-refractivity contribution is -0.109. The Bertz CT molecular complexity index is 279. The van der Waals surface area contributed by atoms with Crippen LogP contribution in [0.3, 0.4) is 0 Å². The van der Waals surface area contributed by atoms with E-state index in [1.165, 1.54) is 64.3 Å². The highest BCUT2D eigenvalue weighted by Crippen LogP contribution is 2.47. The standard InChI is InChI=1S/C15H27NOS/c1-18-15(8-9-15)12-16-13-5-10-17-14(11-13)6-3-2-4-7-14/h13,16H,2-12H2,1H3. The normalized spacial score (nSPS) is 33.5. The average Bonchev–Trinajstić information content (AvgIpc) is 3.18. The summed E-state index contributed by atoms with van der Waals surface area (Å²) in [5.74, 6) is 0. The van der Waals surface area contributed by atoms with E-state index in [1.807, 2.05) is 0 Å². The second-order valence-electron chi connectivity index (χ2n) is 6.55. The Morgan fingerprint density at radius 2 is 1.94 bits per heavy atom. The molecule has 3 heteroatoms. The van der Waals surface area contributed by atoms with Gasteiger partial charge in [0.15, 0.2) is 0 Å². The van der Waals surface area contributed by atoms with E-state index >= 15 is 0 Å². The fourth-order valence-corrected chi connectivity index (χ4v) is 4.41. The first-order valence-corrected chi connectivity index (χ1v) is 8.91. The van der Waals surface area contributed by atoms with Crippen molar-refractivity contribution in [2.45, 2.75) is 74.2 Å². The Kier molecular flexibility index (Phi) is 3.93. The van der Waals surface area contributed by atoms with E-state index in [2.05, 4.69) is 23.3 Å². The Morgan fingerprint density at radius 3 is 2.61 bits per heavy atom. The van der Waals surface area contributed by atoms with E-state index in [0.29, 0.717) is 10.8 Å². The van der Waals surface area contributed by atoms with E-state index < -0.39 is 0 Å². The van der Waals surface area contributed by atoms with Gasteiger partial charge in [-0.05, 0) is 44.8 Å². The third kappa shape index (κ3) is 2.88. The topological polar surface area (TPSA) is 21.3 Å². The molecule has 1 aliphatic heterocycles. The molecule has 1 N–H and O–H groups in total. The van der Waals surface area contributed by atoms with Crippen molar-refractivity contribution in [2.24, 2.45) is 0 Å². The zero-order chi connectivity index (χ0) is 12.5. The molecule has 3 fully saturated rings. The SMILES string of the molecule is CSC1(CNC2CCOC3(CCCCC3)C2)CC1. The molecule has 18 heavy (non-hydrogen) atoms. The highest BCUT2D eigenvalue weighted by atomic mass is 32.2. The minimum atomic E-state index is 0.254. The lowest BCUT2D eigenvalue weighted by Gasteiger charge is -2.44. The molecular formula is C15H27NOS. The van der Waals surface area contributed by atoms with Crippen LogP contribution in [-0.2, 0) is 4.74 Å². The van der Waals surface area contributed by atoms with Gasteiger partial charge in [-0.1, -0.05) is 19.3 Å². The smallest absolute Gasteiger partial charge is 0.0697 e. The van der Waals surface area contributed by atoms with Crippen molar-refractivity contribution in [3.63, 3.8) is 0 Å². The molecule has 104 valence electrons. The first-order valence-electron chi connectivity index (χ1n) is 7.69. The minimum absolute atomic E-state index is 0.254. The first-order chi connectivity index (χ1) is 8.76. The molecule has 0 amide bonds. The zero-order valence-electron chi connectivity index (χ0n) is 11.7. The van der Waals surface area contributed by atoms with E-state index in [9.17, 15) is 0 Å². The van der Waals surface area contributed by atoms with Crippen LogP contribution < -0.4 is 5.32 Å². The predicted molar refractivity (Wildman–Crippen MR) is 78.3 cm³/mol. The van der Waals surface area contributed by atoms with Gasteiger partial charge in [0.25, 0.3) is 0 Å². The predicted octanol–water partition coefficient (Wildman–Crippen LogP) is 3.35. The van der Waals surface area contributed by atoms with E-state index in [1.54, 1.807) is 0 Å². The molecule has 1 unspecified atom stereocenters. The molecule has 0 bridgehead atoms. The molecule has 2 saturated carbocycles. The third-order valence-electron chi connectivity index (χ3n) is 5.21. The van der Waals surface area contributed by atoms with Crippen molar-refractivity contribution >= 4 is 11.8 Å². The van der Waals surface area contributed by atoms with Crippen molar-refractivity contribution in [1.29, 1.82) is 0 Å². The molecular weight excluding hydrogens is 242 g/mol. The number of ether oxygens (including phenoxy) is 1. The molecule has 0 aromatic carbocycles. The Balaban J connectivity index is 1.50. The highest BCUT2D eigenvalue weighted by Gasteiger charge is 2.43. The van der Waals surface area contributed by atoms with Gasteiger partial charge in [0.2, 0.25) is 0 Å². The van der Waals surface area contributed by atoms with Crippen molar-refractivity contribution in [2.75, 3.05) is 19.4 Å². The maximum absolute atomic E-state index is 6.17. The monoisotopic (exact) mass is 269 g/mol. The minimum Gasteiger partial charge on any atom is -0.375 e. The molecule has 1 atom stereocenters. The van der Waals surface area contributed by atoms with Gasteiger partial charge in [0.1, 0.15) is 0 Å². The summed E-state index contributed by atoms with van der Waals surface area (Å²) in [5.41, 5.74) is 0.254. The van der Waals surface area contributed by atoms with Crippen LogP contribution in [0, 0.1) is 0 Å². The fraction of sp³-hybridized carbons (Fsp3) is 1.00. The number of rotatable bonds is 4. The average molecular weight is 269 g/mol. The molecule has 2 nitrogen and oxygen atoms in total. The quantitative estimate of drug-likeness (QED) is 0.845. The van der Waals surface area contributed by atoms with Crippen LogP contribution in [0.2, 0.25) is 0 Å². The summed E-state index contributed by atoms with van der Waals surface area (Å²) in [5, 5.41) is 3.85. The summed E-state index contributed by atoms with van der Waals surface area (Å²) < 4.78 is 6.76. The van der Waals surface area contributed by atoms with Crippen LogP contribution in [0.25, 0.3) is 0 Å². The van der Waals surface area contributed by atoms with Crippen molar-refractivity contribution < 1.29 is 4.74 Å². The molecule has 0 aromatic rings. The van der Waals surface area contributed by atoms with Gasteiger partial charge in [0, 0.05) is 23.9 Å². The molecule has 2 aliphatic carbocycles. The summed E-state index contributed by atoms with van der Waals surface area (Å²) in [7, 11) is 0. The zero-order valence-corrected chi connectivity index (χ0v) is 12.5. The van der Waals surface area contributed by atoms with Gasteiger partial charge in [-0.15, -0.1) is 0 Å². The molecule has 0 radical (unpaired) electrons. The molecule has 1 saturated heterocycles. The molecule has 0 aromatic heterocycles. The summed E-state index contributed by atoms with van der Waals surface area (Å²) in [6, 6.07) is 0.710. The first kappa shape index (κ1) is 13.3. The van der Waals surface area contributed by atoms with Crippen molar-refractivity contribution in [1.82, 2.24) is 5.32 Å². The Labute approximate surface area is 116 Å². The number of thioether (sulfide) groups is 1. The maximum Gasteiger partial charge on any atom is 0.0697 e. The van der Waals surface area contributed by atoms with Gasteiger partial charge in [-0.25, -0.2) is 0 Å². The van der Waals surface area contributed by atoms with Gasteiger partial charge >= 0.3 is 0 Å². The van der Waals surface area contributed by atoms with Crippen LogP contribution in [0.5, 0.6) is 0 Å². The largest absolute Gasteiger partial charge is 0.375 e. The van der Waals surface area contributed by atoms with Crippen molar-refractivity contribution in [3.8, 4) is 0 Å². The lowest BCUT2D eigenvalue weighted by Crippen LogP contribution is -2.49. The second kappa shape index (κ2) is 5.34. The van der Waals surface area contributed by atoms with Crippen LogP contribution in [0.15, 0.2) is 0 Å². The van der Waals surface area contributed by atoms with Gasteiger partial charge in [0.05, 0.1) is 5.60 Å².